The van der Waals surface area contributed by atoms with E-state index in [1.165, 1.54) is 4.57 Å². The molecule has 0 saturated carbocycles. The Bertz CT molecular complexity index is 377. The van der Waals surface area contributed by atoms with Gasteiger partial charge in [-0.15, -0.1) is 6.42 Å². The maximum atomic E-state index is 11.5. The van der Waals surface area contributed by atoms with E-state index in [0.29, 0.717) is 5.69 Å². The van der Waals surface area contributed by atoms with Crippen LogP contribution in [-0.2, 0) is 4.74 Å². The van der Waals surface area contributed by atoms with Gasteiger partial charge in [-0.05, 0) is 32.9 Å². The Hall–Kier alpha value is -1.69. The number of hydrogen-bond acceptors (Lipinski definition) is 2. The van der Waals surface area contributed by atoms with Crippen molar-refractivity contribution in [1.29, 1.82) is 0 Å². The van der Waals surface area contributed by atoms with Crippen molar-refractivity contribution in [2.75, 3.05) is 0 Å². The number of nitrogens with zero attached hydrogens (tertiary/aromatic N) is 1. The van der Waals surface area contributed by atoms with E-state index in [2.05, 4.69) is 5.92 Å². The van der Waals surface area contributed by atoms with E-state index in [0.717, 1.165) is 0 Å². The molecule has 0 atom stereocenters. The van der Waals surface area contributed by atoms with Crippen LogP contribution >= 0.6 is 0 Å². The molecule has 0 aliphatic carbocycles. The predicted octanol–water partition coefficient (Wildman–Crippen LogP) is 2.25. The van der Waals surface area contributed by atoms with Crippen LogP contribution in [0.15, 0.2) is 18.3 Å². The monoisotopic (exact) mass is 191 g/mol. The molecule has 0 aliphatic heterocycles. The maximum Gasteiger partial charge on any atom is 0.419 e. The summed E-state index contributed by atoms with van der Waals surface area (Å²) < 4.78 is 6.46. The van der Waals surface area contributed by atoms with Gasteiger partial charge in [0.2, 0.25) is 0 Å². The molecule has 0 aromatic carbocycles. The van der Waals surface area contributed by atoms with E-state index in [9.17, 15) is 4.79 Å². The van der Waals surface area contributed by atoms with Gasteiger partial charge in [0, 0.05) is 6.20 Å². The molecule has 3 heteroatoms. The standard InChI is InChI=1S/C11H13NO2/c1-5-9-7-6-8-12(9)10(13)14-11(2,3)4/h1,6-8H,2-4H3. The molecule has 0 saturated heterocycles. The molecule has 14 heavy (non-hydrogen) atoms. The molecular formula is C11H13NO2. The Labute approximate surface area is 83.7 Å². The van der Waals surface area contributed by atoms with E-state index in [1.54, 1.807) is 18.3 Å². The number of carbonyl (C=O) groups excluding carboxylic acids is 1. The number of carbonyl (C=O) groups is 1. The summed E-state index contributed by atoms with van der Waals surface area (Å²) in [6.07, 6.45) is 6.36. The lowest BCUT2D eigenvalue weighted by atomic mass is 10.2. The fourth-order valence-corrected chi connectivity index (χ4v) is 0.969. The second kappa shape index (κ2) is 3.59. The van der Waals surface area contributed by atoms with Crippen molar-refractivity contribution in [3.8, 4) is 12.3 Å². The first-order valence-electron chi connectivity index (χ1n) is 4.31. The van der Waals surface area contributed by atoms with Gasteiger partial charge in [0.25, 0.3) is 0 Å². The van der Waals surface area contributed by atoms with Gasteiger partial charge in [-0.1, -0.05) is 5.92 Å². The number of hydrogen-bond donors (Lipinski definition) is 0. The fourth-order valence-electron chi connectivity index (χ4n) is 0.969. The predicted molar refractivity (Wildman–Crippen MR) is 54.0 cm³/mol. The van der Waals surface area contributed by atoms with Crippen molar-refractivity contribution in [3.63, 3.8) is 0 Å². The van der Waals surface area contributed by atoms with Crippen LogP contribution in [0.2, 0.25) is 0 Å². The molecule has 0 amide bonds. The highest BCUT2D eigenvalue weighted by molar-refractivity contribution is 5.73. The van der Waals surface area contributed by atoms with Gasteiger partial charge in [0.15, 0.2) is 0 Å². The molecule has 3 nitrogen and oxygen atoms in total. The van der Waals surface area contributed by atoms with Crippen LogP contribution in [0.3, 0.4) is 0 Å². The molecule has 74 valence electrons. The zero-order valence-corrected chi connectivity index (χ0v) is 8.57. The Morgan fingerprint density at radius 3 is 2.71 bits per heavy atom. The average Bonchev–Trinajstić information content (AvgIpc) is 2.47. The summed E-state index contributed by atoms with van der Waals surface area (Å²) in [7, 11) is 0. The van der Waals surface area contributed by atoms with E-state index >= 15 is 0 Å². The van der Waals surface area contributed by atoms with E-state index in [-0.39, 0.29) is 0 Å². The Morgan fingerprint density at radius 1 is 1.57 bits per heavy atom. The second-order valence-corrected chi connectivity index (χ2v) is 3.89. The molecule has 0 radical (unpaired) electrons. The second-order valence-electron chi connectivity index (χ2n) is 3.89. The third-order valence-electron chi connectivity index (χ3n) is 1.49. The normalized spacial score (nSPS) is 10.7. The first-order valence-corrected chi connectivity index (χ1v) is 4.31. The highest BCUT2D eigenvalue weighted by Crippen LogP contribution is 2.10. The van der Waals surface area contributed by atoms with Gasteiger partial charge >= 0.3 is 6.09 Å². The van der Waals surface area contributed by atoms with Crippen molar-refractivity contribution in [3.05, 3.63) is 24.0 Å². The summed E-state index contributed by atoms with van der Waals surface area (Å²) in [6, 6.07) is 3.39. The Kier molecular flexibility index (Phi) is 2.66. The molecule has 0 spiro atoms. The molecular weight excluding hydrogens is 178 g/mol. The van der Waals surface area contributed by atoms with E-state index < -0.39 is 11.7 Å². The molecule has 0 bridgehead atoms. The SMILES string of the molecule is C#Cc1cccn1C(=O)OC(C)(C)C. The zero-order chi connectivity index (χ0) is 10.8. The number of aromatic nitrogens is 1. The lowest BCUT2D eigenvalue weighted by Gasteiger charge is -2.19. The molecule has 0 aliphatic rings. The van der Waals surface area contributed by atoms with E-state index in [1.807, 2.05) is 20.8 Å². The largest absolute Gasteiger partial charge is 0.443 e. The number of rotatable bonds is 0. The molecule has 1 aromatic heterocycles. The van der Waals surface area contributed by atoms with Gasteiger partial charge in [-0.25, -0.2) is 9.36 Å². The van der Waals surface area contributed by atoms with Crippen molar-refractivity contribution < 1.29 is 9.53 Å². The lowest BCUT2D eigenvalue weighted by molar-refractivity contribution is 0.0536. The first kappa shape index (κ1) is 10.4. The first-order chi connectivity index (χ1) is 6.44. The highest BCUT2D eigenvalue weighted by Gasteiger charge is 2.18. The van der Waals surface area contributed by atoms with Gasteiger partial charge in [0.05, 0.1) is 0 Å². The zero-order valence-electron chi connectivity index (χ0n) is 8.57. The van der Waals surface area contributed by atoms with Crippen LogP contribution in [0.25, 0.3) is 0 Å². The van der Waals surface area contributed by atoms with Crippen LogP contribution in [0.1, 0.15) is 26.5 Å². The van der Waals surface area contributed by atoms with Crippen molar-refractivity contribution >= 4 is 6.09 Å². The minimum Gasteiger partial charge on any atom is -0.443 e. The molecule has 1 heterocycles. The van der Waals surface area contributed by atoms with Crippen molar-refractivity contribution in [1.82, 2.24) is 4.57 Å². The van der Waals surface area contributed by atoms with Crippen LogP contribution in [0.4, 0.5) is 4.79 Å². The third kappa shape index (κ3) is 2.40. The van der Waals surface area contributed by atoms with Crippen molar-refractivity contribution in [2.45, 2.75) is 26.4 Å². The molecule has 1 rings (SSSR count). The topological polar surface area (TPSA) is 31.2 Å². The van der Waals surface area contributed by atoms with E-state index in [4.69, 9.17) is 11.2 Å². The third-order valence-corrected chi connectivity index (χ3v) is 1.49. The molecule has 1 aromatic rings. The van der Waals surface area contributed by atoms with Gasteiger partial charge < -0.3 is 4.74 Å². The van der Waals surface area contributed by atoms with Gasteiger partial charge in [0.1, 0.15) is 11.3 Å². The summed E-state index contributed by atoms with van der Waals surface area (Å²) in [6.45, 7) is 5.43. The van der Waals surface area contributed by atoms with Gasteiger partial charge in [-0.2, -0.15) is 0 Å². The average molecular weight is 191 g/mol. The minimum atomic E-state index is -0.507. The summed E-state index contributed by atoms with van der Waals surface area (Å²) in [4.78, 5) is 11.5. The highest BCUT2D eigenvalue weighted by atomic mass is 16.6. The number of terminal acetylenes is 1. The number of ether oxygens (including phenoxy) is 1. The summed E-state index contributed by atoms with van der Waals surface area (Å²) >= 11 is 0. The van der Waals surface area contributed by atoms with Crippen LogP contribution in [0, 0.1) is 12.3 Å². The minimum absolute atomic E-state index is 0.449. The summed E-state index contributed by atoms with van der Waals surface area (Å²) in [5.74, 6) is 2.40. The van der Waals surface area contributed by atoms with Crippen LogP contribution < -0.4 is 0 Å². The lowest BCUT2D eigenvalue weighted by Crippen LogP contribution is -2.27. The summed E-state index contributed by atoms with van der Waals surface area (Å²) in [5, 5.41) is 0. The molecule has 0 N–H and O–H groups in total. The van der Waals surface area contributed by atoms with Crippen LogP contribution in [-0.4, -0.2) is 16.3 Å². The Balaban J connectivity index is 2.86. The quantitative estimate of drug-likeness (QED) is 0.589. The molecule has 0 unspecified atom stereocenters. The van der Waals surface area contributed by atoms with Crippen molar-refractivity contribution in [2.24, 2.45) is 0 Å². The Morgan fingerprint density at radius 2 is 2.21 bits per heavy atom. The fraction of sp³-hybridized carbons (Fsp3) is 0.364. The maximum absolute atomic E-state index is 11.5. The smallest absolute Gasteiger partial charge is 0.419 e. The van der Waals surface area contributed by atoms with Crippen LogP contribution in [0.5, 0.6) is 0 Å². The summed E-state index contributed by atoms with van der Waals surface area (Å²) in [5.41, 5.74) is -0.00742. The van der Waals surface area contributed by atoms with Gasteiger partial charge in [-0.3, -0.25) is 0 Å². The molecule has 0 fully saturated rings.